The number of benzene rings is 2. The Morgan fingerprint density at radius 1 is 0.944 bits per heavy atom. The number of hydrogen-bond acceptors (Lipinski definition) is 0. The molecule has 1 heteroatoms. The minimum Gasteiger partial charge on any atom is -0.180 e. The summed E-state index contributed by atoms with van der Waals surface area (Å²) in [6.07, 6.45) is 3.10. The Morgan fingerprint density at radius 3 is 2.44 bits per heavy atom. The first-order valence-electron chi connectivity index (χ1n) is 5.95. The Balaban J connectivity index is 0.00000162. The third kappa shape index (κ3) is 5.33. The Hall–Kier alpha value is -1.34. The molecule has 0 N–H and O–H groups in total. The SMILES string of the molecule is C(#Cc1ccccc1)CCCc1[c-]cccc1.[Pd]. The van der Waals surface area contributed by atoms with Crippen LogP contribution in [0.2, 0.25) is 0 Å². The van der Waals surface area contributed by atoms with Crippen molar-refractivity contribution < 1.29 is 20.4 Å². The van der Waals surface area contributed by atoms with E-state index >= 15 is 0 Å². The van der Waals surface area contributed by atoms with Crippen LogP contribution >= 0.6 is 0 Å². The molecule has 0 aliphatic carbocycles. The molecular weight excluding hydrogens is 311 g/mol. The summed E-state index contributed by atoms with van der Waals surface area (Å²) in [6, 6.07) is 21.5. The summed E-state index contributed by atoms with van der Waals surface area (Å²) in [5, 5.41) is 0. The number of hydrogen-bond donors (Lipinski definition) is 0. The molecular formula is C17H15Pd-. The zero-order chi connectivity index (χ0) is 11.8. The van der Waals surface area contributed by atoms with E-state index < -0.39 is 0 Å². The van der Waals surface area contributed by atoms with Crippen LogP contribution in [0.4, 0.5) is 0 Å². The number of unbranched alkanes of at least 4 members (excludes halogenated alkanes) is 1. The topological polar surface area (TPSA) is 0 Å². The normalized spacial score (nSPS) is 8.89. The van der Waals surface area contributed by atoms with Crippen molar-refractivity contribution >= 4 is 0 Å². The van der Waals surface area contributed by atoms with Crippen LogP contribution in [0.1, 0.15) is 24.0 Å². The van der Waals surface area contributed by atoms with Gasteiger partial charge in [-0.3, -0.25) is 0 Å². The second-order valence-electron chi connectivity index (χ2n) is 3.91. The van der Waals surface area contributed by atoms with E-state index in [1.54, 1.807) is 0 Å². The molecule has 2 aromatic carbocycles. The molecule has 0 amide bonds. The van der Waals surface area contributed by atoms with Crippen molar-refractivity contribution in [3.8, 4) is 11.8 Å². The fraction of sp³-hybridized carbons (Fsp3) is 0.176. The summed E-state index contributed by atoms with van der Waals surface area (Å²) in [5.74, 6) is 6.38. The van der Waals surface area contributed by atoms with Gasteiger partial charge in [0.2, 0.25) is 0 Å². The average molecular weight is 326 g/mol. The number of rotatable bonds is 3. The van der Waals surface area contributed by atoms with E-state index in [0.717, 1.165) is 24.8 Å². The molecule has 94 valence electrons. The van der Waals surface area contributed by atoms with Crippen LogP contribution in [-0.4, -0.2) is 0 Å². The Labute approximate surface area is 123 Å². The van der Waals surface area contributed by atoms with Gasteiger partial charge >= 0.3 is 0 Å². The summed E-state index contributed by atoms with van der Waals surface area (Å²) < 4.78 is 0. The molecule has 0 aliphatic rings. The molecule has 0 unspecified atom stereocenters. The van der Waals surface area contributed by atoms with Crippen molar-refractivity contribution in [3.05, 3.63) is 71.8 Å². The van der Waals surface area contributed by atoms with E-state index in [1.807, 2.05) is 42.5 Å². The van der Waals surface area contributed by atoms with Crippen LogP contribution in [-0.2, 0) is 26.8 Å². The van der Waals surface area contributed by atoms with E-state index in [9.17, 15) is 0 Å². The van der Waals surface area contributed by atoms with Gasteiger partial charge in [-0.05, 0) is 25.0 Å². The average Bonchev–Trinajstić information content (AvgIpc) is 2.41. The first kappa shape index (κ1) is 14.7. The minimum atomic E-state index is 0. The standard InChI is InChI=1S/C17H15.Pd/c1-4-10-16(11-5-1)14-8-3-9-15-17-12-6-2-7-13-17;/h1-2,4-7,10,12-13H,3,8,14H2;/q-1;. The van der Waals surface area contributed by atoms with Gasteiger partial charge in [-0.25, -0.2) is 0 Å². The van der Waals surface area contributed by atoms with E-state index in [2.05, 4.69) is 30.0 Å². The van der Waals surface area contributed by atoms with Crippen molar-refractivity contribution in [3.63, 3.8) is 0 Å². The molecule has 0 radical (unpaired) electrons. The molecule has 18 heavy (non-hydrogen) atoms. The third-order valence-corrected chi connectivity index (χ3v) is 2.53. The second kappa shape index (κ2) is 8.71. The number of aryl methyl sites for hydroxylation is 1. The molecule has 0 spiro atoms. The van der Waals surface area contributed by atoms with Crippen LogP contribution < -0.4 is 0 Å². The predicted octanol–water partition coefficient (Wildman–Crippen LogP) is 3.86. The molecule has 2 aromatic rings. The molecule has 0 saturated heterocycles. The summed E-state index contributed by atoms with van der Waals surface area (Å²) in [5.41, 5.74) is 2.37. The van der Waals surface area contributed by atoms with Gasteiger partial charge in [-0.15, -0.1) is 0 Å². The smallest absolute Gasteiger partial charge is 0.0245 e. The van der Waals surface area contributed by atoms with Gasteiger partial charge in [0.05, 0.1) is 0 Å². The van der Waals surface area contributed by atoms with Gasteiger partial charge in [-0.2, -0.15) is 35.9 Å². The summed E-state index contributed by atoms with van der Waals surface area (Å²) in [4.78, 5) is 0. The summed E-state index contributed by atoms with van der Waals surface area (Å²) in [6.45, 7) is 0. The maximum Gasteiger partial charge on any atom is 0.0245 e. The first-order valence-corrected chi connectivity index (χ1v) is 5.95. The molecule has 2 rings (SSSR count). The molecule has 0 nitrogen and oxygen atoms in total. The molecule has 0 saturated carbocycles. The largest absolute Gasteiger partial charge is 0.180 e. The van der Waals surface area contributed by atoms with Crippen LogP contribution in [0.5, 0.6) is 0 Å². The predicted molar refractivity (Wildman–Crippen MR) is 71.5 cm³/mol. The zero-order valence-corrected chi connectivity index (χ0v) is 11.7. The van der Waals surface area contributed by atoms with E-state index in [4.69, 9.17) is 0 Å². The van der Waals surface area contributed by atoms with Gasteiger partial charge in [-0.1, -0.05) is 30.0 Å². The van der Waals surface area contributed by atoms with Crippen LogP contribution in [0, 0.1) is 17.9 Å². The van der Waals surface area contributed by atoms with Crippen molar-refractivity contribution in [2.45, 2.75) is 19.3 Å². The van der Waals surface area contributed by atoms with Crippen LogP contribution in [0.15, 0.2) is 54.6 Å². The molecule has 0 fully saturated rings. The second-order valence-corrected chi connectivity index (χ2v) is 3.91. The zero-order valence-electron chi connectivity index (χ0n) is 10.1. The van der Waals surface area contributed by atoms with E-state index in [1.165, 1.54) is 5.56 Å². The third-order valence-electron chi connectivity index (χ3n) is 2.53. The Bertz CT molecular complexity index is 491. The monoisotopic (exact) mass is 325 g/mol. The maximum absolute atomic E-state index is 3.23. The van der Waals surface area contributed by atoms with Crippen molar-refractivity contribution in [1.82, 2.24) is 0 Å². The summed E-state index contributed by atoms with van der Waals surface area (Å²) in [7, 11) is 0. The summed E-state index contributed by atoms with van der Waals surface area (Å²) >= 11 is 0. The van der Waals surface area contributed by atoms with Crippen molar-refractivity contribution in [2.75, 3.05) is 0 Å². The Morgan fingerprint density at radius 2 is 1.72 bits per heavy atom. The molecule has 0 aromatic heterocycles. The molecule has 0 atom stereocenters. The first-order chi connectivity index (χ1) is 8.45. The van der Waals surface area contributed by atoms with Crippen LogP contribution in [0.3, 0.4) is 0 Å². The quantitative estimate of drug-likeness (QED) is 0.348. The minimum absolute atomic E-state index is 0. The molecule has 0 aliphatic heterocycles. The van der Waals surface area contributed by atoms with Gasteiger partial charge in [0.25, 0.3) is 0 Å². The van der Waals surface area contributed by atoms with Crippen molar-refractivity contribution in [2.24, 2.45) is 0 Å². The fourth-order valence-electron chi connectivity index (χ4n) is 1.64. The Kier molecular flexibility index (Phi) is 7.12. The maximum atomic E-state index is 3.23. The van der Waals surface area contributed by atoms with E-state index in [-0.39, 0.29) is 20.4 Å². The molecule has 0 heterocycles. The fourth-order valence-corrected chi connectivity index (χ4v) is 1.64. The molecule has 0 bridgehead atoms. The van der Waals surface area contributed by atoms with Crippen molar-refractivity contribution in [1.29, 1.82) is 0 Å². The van der Waals surface area contributed by atoms with Gasteiger partial charge in [0.1, 0.15) is 0 Å². The van der Waals surface area contributed by atoms with Crippen LogP contribution in [0.25, 0.3) is 0 Å². The van der Waals surface area contributed by atoms with E-state index in [0.29, 0.717) is 0 Å². The van der Waals surface area contributed by atoms with Gasteiger partial charge in [0.15, 0.2) is 0 Å². The van der Waals surface area contributed by atoms with Gasteiger partial charge < -0.3 is 0 Å². The van der Waals surface area contributed by atoms with Gasteiger partial charge in [0, 0.05) is 32.4 Å².